The summed E-state index contributed by atoms with van der Waals surface area (Å²) in [6, 6.07) is 0. The van der Waals surface area contributed by atoms with E-state index in [0.29, 0.717) is 0 Å². The molecule has 0 fully saturated rings. The van der Waals surface area contributed by atoms with Crippen molar-refractivity contribution in [2.45, 2.75) is 26.2 Å². The van der Waals surface area contributed by atoms with Crippen LogP contribution in [0.25, 0.3) is 0 Å². The van der Waals surface area contributed by atoms with Gasteiger partial charge in [-0.05, 0) is 18.9 Å². The average Bonchev–Trinajstić information content (AvgIpc) is 1.97. The molecule has 0 rings (SSSR count). The van der Waals surface area contributed by atoms with E-state index in [1.807, 2.05) is 6.08 Å². The third kappa shape index (κ3) is 7.15. The van der Waals surface area contributed by atoms with Crippen molar-refractivity contribution >= 4 is 6.29 Å². The zero-order chi connectivity index (χ0) is 7.66. The zero-order valence-electron chi connectivity index (χ0n) is 6.42. The van der Waals surface area contributed by atoms with Gasteiger partial charge in [0.15, 0.2) is 0 Å². The number of carbonyl (C=O) groups is 1. The second kappa shape index (κ2) is 8.15. The SMILES string of the molecule is CCCC=CC/C=C/C=O. The maximum absolute atomic E-state index is 9.78. The van der Waals surface area contributed by atoms with E-state index < -0.39 is 0 Å². The fourth-order valence-electron chi connectivity index (χ4n) is 0.593. The minimum atomic E-state index is 0.799. The topological polar surface area (TPSA) is 17.1 Å². The van der Waals surface area contributed by atoms with E-state index in [4.69, 9.17) is 0 Å². The number of hydrogen-bond donors (Lipinski definition) is 0. The van der Waals surface area contributed by atoms with E-state index in [1.165, 1.54) is 12.5 Å². The molecule has 0 aliphatic rings. The van der Waals surface area contributed by atoms with E-state index in [0.717, 1.165) is 19.1 Å². The highest BCUT2D eigenvalue weighted by atomic mass is 16.1. The third-order valence-electron chi connectivity index (χ3n) is 1.11. The Morgan fingerprint density at radius 1 is 1.20 bits per heavy atom. The third-order valence-corrected chi connectivity index (χ3v) is 1.11. The quantitative estimate of drug-likeness (QED) is 0.324. The molecule has 0 bridgehead atoms. The van der Waals surface area contributed by atoms with Crippen LogP contribution in [0.2, 0.25) is 0 Å². The van der Waals surface area contributed by atoms with Crippen LogP contribution in [0, 0.1) is 0 Å². The number of unbranched alkanes of at least 4 members (excludes halogenated alkanes) is 1. The monoisotopic (exact) mass is 138 g/mol. The number of hydrogen-bond acceptors (Lipinski definition) is 1. The molecule has 0 aromatic carbocycles. The lowest BCUT2D eigenvalue weighted by Crippen LogP contribution is -1.63. The van der Waals surface area contributed by atoms with Crippen LogP contribution < -0.4 is 0 Å². The van der Waals surface area contributed by atoms with E-state index in [9.17, 15) is 4.79 Å². The second-order valence-electron chi connectivity index (χ2n) is 2.06. The summed E-state index contributed by atoms with van der Waals surface area (Å²) in [5.41, 5.74) is 0. The Balaban J connectivity index is 3.17. The molecule has 10 heavy (non-hydrogen) atoms. The normalized spacial score (nSPS) is 11.3. The van der Waals surface area contributed by atoms with Crippen LogP contribution in [0.1, 0.15) is 26.2 Å². The molecule has 0 saturated carbocycles. The lowest BCUT2D eigenvalue weighted by molar-refractivity contribution is -0.104. The molecule has 0 amide bonds. The minimum absolute atomic E-state index is 0.799. The first-order valence-electron chi connectivity index (χ1n) is 3.67. The van der Waals surface area contributed by atoms with Gasteiger partial charge in [0.2, 0.25) is 0 Å². The lowest BCUT2D eigenvalue weighted by atomic mass is 10.3. The molecule has 0 atom stereocenters. The molecule has 0 spiro atoms. The molecule has 1 nitrogen and oxygen atoms in total. The van der Waals surface area contributed by atoms with Crippen molar-refractivity contribution in [1.29, 1.82) is 0 Å². The molecule has 0 aliphatic carbocycles. The van der Waals surface area contributed by atoms with Gasteiger partial charge in [0.25, 0.3) is 0 Å². The molecule has 0 aromatic heterocycles. The fourth-order valence-corrected chi connectivity index (χ4v) is 0.593. The Morgan fingerprint density at radius 2 is 2.00 bits per heavy atom. The van der Waals surface area contributed by atoms with Crippen LogP contribution in [0.15, 0.2) is 24.3 Å². The lowest BCUT2D eigenvalue weighted by Gasteiger charge is -1.81. The summed E-state index contributed by atoms with van der Waals surface area (Å²) in [7, 11) is 0. The maximum atomic E-state index is 9.78. The Hall–Kier alpha value is -0.850. The van der Waals surface area contributed by atoms with Gasteiger partial charge in [0.1, 0.15) is 6.29 Å². The second-order valence-corrected chi connectivity index (χ2v) is 2.06. The molecule has 1 heteroatoms. The van der Waals surface area contributed by atoms with Gasteiger partial charge in [-0.25, -0.2) is 0 Å². The Bertz CT molecular complexity index is 123. The van der Waals surface area contributed by atoms with Crippen molar-refractivity contribution in [3.63, 3.8) is 0 Å². The van der Waals surface area contributed by atoms with Crippen molar-refractivity contribution in [2.24, 2.45) is 0 Å². The number of allylic oxidation sites excluding steroid dienone is 4. The molecule has 0 aromatic rings. The zero-order valence-corrected chi connectivity index (χ0v) is 6.42. The Morgan fingerprint density at radius 3 is 2.60 bits per heavy atom. The van der Waals surface area contributed by atoms with Gasteiger partial charge in [0, 0.05) is 0 Å². The molecule has 0 aliphatic heterocycles. The van der Waals surface area contributed by atoms with Gasteiger partial charge in [-0.15, -0.1) is 0 Å². The smallest absolute Gasteiger partial charge is 0.142 e. The number of rotatable bonds is 5. The first-order valence-corrected chi connectivity index (χ1v) is 3.67. The molecule has 0 N–H and O–H groups in total. The van der Waals surface area contributed by atoms with Crippen molar-refractivity contribution in [1.82, 2.24) is 0 Å². The van der Waals surface area contributed by atoms with Gasteiger partial charge < -0.3 is 0 Å². The van der Waals surface area contributed by atoms with Crippen LogP contribution in [0.4, 0.5) is 0 Å². The standard InChI is InChI=1S/C9H14O/c1-2-3-4-5-6-7-8-9-10/h4-5,7-9H,2-3,6H2,1H3/b5-4?,8-7+. The molecule has 56 valence electrons. The summed E-state index contributed by atoms with van der Waals surface area (Å²) in [4.78, 5) is 9.78. The van der Waals surface area contributed by atoms with Crippen molar-refractivity contribution in [3.8, 4) is 0 Å². The fraction of sp³-hybridized carbons (Fsp3) is 0.444. The van der Waals surface area contributed by atoms with Crippen molar-refractivity contribution in [3.05, 3.63) is 24.3 Å². The summed E-state index contributed by atoms with van der Waals surface area (Å²) in [5.74, 6) is 0. The van der Waals surface area contributed by atoms with Gasteiger partial charge in [0.05, 0.1) is 0 Å². The van der Waals surface area contributed by atoms with Gasteiger partial charge >= 0.3 is 0 Å². The Kier molecular flexibility index (Phi) is 7.46. The van der Waals surface area contributed by atoms with Crippen molar-refractivity contribution < 1.29 is 4.79 Å². The molecular formula is C9H14O. The van der Waals surface area contributed by atoms with Crippen LogP contribution in [0.5, 0.6) is 0 Å². The predicted octanol–water partition coefficient (Wildman–Crippen LogP) is 2.49. The predicted molar refractivity (Wildman–Crippen MR) is 43.9 cm³/mol. The molecule has 0 unspecified atom stereocenters. The van der Waals surface area contributed by atoms with Crippen molar-refractivity contribution in [2.75, 3.05) is 0 Å². The summed E-state index contributed by atoms with van der Waals surface area (Å²) >= 11 is 0. The maximum Gasteiger partial charge on any atom is 0.142 e. The van der Waals surface area contributed by atoms with Crippen LogP contribution in [-0.2, 0) is 4.79 Å². The summed E-state index contributed by atoms with van der Waals surface area (Å²) in [6.07, 6.45) is 11.6. The number of carbonyl (C=O) groups excluding carboxylic acids is 1. The van der Waals surface area contributed by atoms with E-state index >= 15 is 0 Å². The van der Waals surface area contributed by atoms with E-state index in [2.05, 4.69) is 19.1 Å². The number of aldehydes is 1. The minimum Gasteiger partial charge on any atom is -0.299 e. The highest BCUT2D eigenvalue weighted by molar-refractivity contribution is 5.64. The van der Waals surface area contributed by atoms with Crippen LogP contribution >= 0.6 is 0 Å². The molecule has 0 saturated heterocycles. The molecular weight excluding hydrogens is 124 g/mol. The molecule has 0 heterocycles. The first kappa shape index (κ1) is 9.15. The van der Waals surface area contributed by atoms with E-state index in [-0.39, 0.29) is 0 Å². The Labute approximate surface area is 62.4 Å². The van der Waals surface area contributed by atoms with Crippen LogP contribution in [-0.4, -0.2) is 6.29 Å². The summed E-state index contributed by atoms with van der Waals surface area (Å²) < 4.78 is 0. The van der Waals surface area contributed by atoms with Gasteiger partial charge in [-0.1, -0.05) is 31.6 Å². The first-order chi connectivity index (χ1) is 4.91. The largest absolute Gasteiger partial charge is 0.299 e. The highest BCUT2D eigenvalue weighted by Gasteiger charge is 1.71. The molecule has 0 radical (unpaired) electrons. The highest BCUT2D eigenvalue weighted by Crippen LogP contribution is 1.91. The summed E-state index contributed by atoms with van der Waals surface area (Å²) in [5, 5.41) is 0. The average molecular weight is 138 g/mol. The van der Waals surface area contributed by atoms with E-state index in [1.54, 1.807) is 0 Å². The van der Waals surface area contributed by atoms with Gasteiger partial charge in [-0.2, -0.15) is 0 Å². The van der Waals surface area contributed by atoms with Crippen LogP contribution in [0.3, 0.4) is 0 Å². The van der Waals surface area contributed by atoms with Gasteiger partial charge in [-0.3, -0.25) is 4.79 Å². The summed E-state index contributed by atoms with van der Waals surface area (Å²) in [6.45, 7) is 2.14.